The average Bonchev–Trinajstić information content (AvgIpc) is 3.35. The summed E-state index contributed by atoms with van der Waals surface area (Å²) in [4.78, 5) is 17.2. The first-order valence-corrected chi connectivity index (χ1v) is 8.95. The molecule has 5 nitrogen and oxygen atoms in total. The molecule has 1 aromatic heterocycles. The minimum Gasteiger partial charge on any atom is -0.372 e. The van der Waals surface area contributed by atoms with Gasteiger partial charge in [0, 0.05) is 55.2 Å². The van der Waals surface area contributed by atoms with Crippen LogP contribution in [0.25, 0.3) is 0 Å². The van der Waals surface area contributed by atoms with Crippen molar-refractivity contribution in [2.75, 3.05) is 31.1 Å². The van der Waals surface area contributed by atoms with Gasteiger partial charge in [-0.25, -0.2) is 0 Å². The fraction of sp³-hybridized carbons (Fsp3) is 0.474. The largest absolute Gasteiger partial charge is 0.372 e. The Hall–Kier alpha value is -2.30. The van der Waals surface area contributed by atoms with Crippen molar-refractivity contribution in [1.82, 2.24) is 15.1 Å². The van der Waals surface area contributed by atoms with Gasteiger partial charge in [0.25, 0.3) is 5.91 Å². The van der Waals surface area contributed by atoms with E-state index in [0.717, 1.165) is 50.3 Å². The van der Waals surface area contributed by atoms with Crippen LogP contribution in [0.1, 0.15) is 47.7 Å². The molecule has 0 spiro atoms. The van der Waals surface area contributed by atoms with Crippen molar-refractivity contribution < 1.29 is 4.79 Å². The van der Waals surface area contributed by atoms with Crippen LogP contribution in [0.15, 0.2) is 36.5 Å². The molecule has 2 aliphatic heterocycles. The SMILES string of the molecule is O=C(c1ccc(N2CCCC2)cc1)N1CCCC(c2ccn[nH]2)C1. The molecule has 24 heavy (non-hydrogen) atoms. The number of piperidine rings is 1. The minimum absolute atomic E-state index is 0.146. The van der Waals surface area contributed by atoms with Gasteiger partial charge in [-0.3, -0.25) is 9.89 Å². The number of hydrogen-bond donors (Lipinski definition) is 1. The van der Waals surface area contributed by atoms with Gasteiger partial charge in [-0.15, -0.1) is 0 Å². The number of benzene rings is 1. The van der Waals surface area contributed by atoms with Crippen molar-refractivity contribution in [2.45, 2.75) is 31.6 Å². The van der Waals surface area contributed by atoms with Crippen molar-refractivity contribution in [1.29, 1.82) is 0 Å². The van der Waals surface area contributed by atoms with E-state index in [4.69, 9.17) is 0 Å². The predicted octanol–water partition coefficient (Wildman–Crippen LogP) is 3.03. The van der Waals surface area contributed by atoms with Gasteiger partial charge in [-0.2, -0.15) is 5.10 Å². The normalized spacial score (nSPS) is 21.2. The molecule has 2 aliphatic rings. The third kappa shape index (κ3) is 3.03. The molecule has 126 valence electrons. The lowest BCUT2D eigenvalue weighted by molar-refractivity contribution is 0.0706. The second kappa shape index (κ2) is 6.67. The van der Waals surface area contributed by atoms with Gasteiger partial charge < -0.3 is 9.80 Å². The van der Waals surface area contributed by atoms with Gasteiger partial charge in [-0.1, -0.05) is 0 Å². The van der Waals surface area contributed by atoms with E-state index in [-0.39, 0.29) is 5.91 Å². The van der Waals surface area contributed by atoms with Crippen molar-refractivity contribution >= 4 is 11.6 Å². The van der Waals surface area contributed by atoms with Gasteiger partial charge in [0.2, 0.25) is 0 Å². The summed E-state index contributed by atoms with van der Waals surface area (Å²) in [5.41, 5.74) is 3.16. The molecule has 1 N–H and O–H groups in total. The Bertz CT molecular complexity index is 674. The minimum atomic E-state index is 0.146. The van der Waals surface area contributed by atoms with Crippen molar-refractivity contribution in [3.05, 3.63) is 47.8 Å². The molecule has 1 unspecified atom stereocenters. The van der Waals surface area contributed by atoms with E-state index >= 15 is 0 Å². The van der Waals surface area contributed by atoms with Crippen LogP contribution in [0, 0.1) is 0 Å². The van der Waals surface area contributed by atoms with E-state index in [9.17, 15) is 4.79 Å². The van der Waals surface area contributed by atoms with Crippen LogP contribution < -0.4 is 4.90 Å². The smallest absolute Gasteiger partial charge is 0.253 e. The van der Waals surface area contributed by atoms with Crippen molar-refractivity contribution in [2.24, 2.45) is 0 Å². The highest BCUT2D eigenvalue weighted by Crippen LogP contribution is 2.27. The molecule has 0 saturated carbocycles. The van der Waals surface area contributed by atoms with E-state index in [2.05, 4.69) is 27.2 Å². The van der Waals surface area contributed by atoms with Crippen molar-refractivity contribution in [3.8, 4) is 0 Å². The van der Waals surface area contributed by atoms with Gasteiger partial charge in [0.15, 0.2) is 0 Å². The van der Waals surface area contributed by atoms with Gasteiger partial charge in [-0.05, 0) is 56.0 Å². The molecule has 0 aliphatic carbocycles. The molecule has 5 heteroatoms. The molecule has 0 bridgehead atoms. The van der Waals surface area contributed by atoms with E-state index in [0.29, 0.717) is 5.92 Å². The molecule has 2 aromatic rings. The highest BCUT2D eigenvalue weighted by molar-refractivity contribution is 5.94. The van der Waals surface area contributed by atoms with E-state index in [1.807, 2.05) is 23.1 Å². The number of aromatic amines is 1. The van der Waals surface area contributed by atoms with Crippen LogP contribution in [-0.4, -0.2) is 47.2 Å². The number of likely N-dealkylation sites (tertiary alicyclic amines) is 1. The molecule has 3 heterocycles. The van der Waals surface area contributed by atoms with E-state index in [1.165, 1.54) is 18.5 Å². The summed E-state index contributed by atoms with van der Waals surface area (Å²) in [5, 5.41) is 7.09. The maximum absolute atomic E-state index is 12.8. The third-order valence-corrected chi connectivity index (χ3v) is 5.26. The Morgan fingerprint density at radius 2 is 1.83 bits per heavy atom. The predicted molar refractivity (Wildman–Crippen MR) is 94.4 cm³/mol. The number of anilines is 1. The Balaban J connectivity index is 1.44. The zero-order valence-electron chi connectivity index (χ0n) is 13.9. The summed E-state index contributed by atoms with van der Waals surface area (Å²) < 4.78 is 0. The summed E-state index contributed by atoms with van der Waals surface area (Å²) in [5.74, 6) is 0.515. The molecular formula is C19H24N4O. The monoisotopic (exact) mass is 324 g/mol. The van der Waals surface area contributed by atoms with Gasteiger partial charge in [0.05, 0.1) is 0 Å². The number of H-pyrrole nitrogens is 1. The fourth-order valence-electron chi connectivity index (χ4n) is 3.88. The quantitative estimate of drug-likeness (QED) is 0.944. The van der Waals surface area contributed by atoms with Gasteiger partial charge in [0.1, 0.15) is 0 Å². The number of carbonyl (C=O) groups is 1. The lowest BCUT2D eigenvalue weighted by Gasteiger charge is -2.32. The van der Waals surface area contributed by atoms with Crippen LogP contribution in [-0.2, 0) is 0 Å². The zero-order valence-corrected chi connectivity index (χ0v) is 13.9. The Morgan fingerprint density at radius 3 is 2.54 bits per heavy atom. The number of rotatable bonds is 3. The Morgan fingerprint density at radius 1 is 1.04 bits per heavy atom. The van der Waals surface area contributed by atoms with E-state index in [1.54, 1.807) is 6.20 Å². The van der Waals surface area contributed by atoms with Crippen LogP contribution in [0.5, 0.6) is 0 Å². The average molecular weight is 324 g/mol. The molecule has 2 fully saturated rings. The van der Waals surface area contributed by atoms with Crippen molar-refractivity contribution in [3.63, 3.8) is 0 Å². The number of nitrogens with one attached hydrogen (secondary N) is 1. The first-order chi connectivity index (χ1) is 11.8. The highest BCUT2D eigenvalue weighted by Gasteiger charge is 2.26. The van der Waals surface area contributed by atoms with Crippen LogP contribution in [0.2, 0.25) is 0 Å². The maximum Gasteiger partial charge on any atom is 0.253 e. The van der Waals surface area contributed by atoms with Crippen LogP contribution in [0.3, 0.4) is 0 Å². The Labute approximate surface area is 142 Å². The van der Waals surface area contributed by atoms with Gasteiger partial charge >= 0.3 is 0 Å². The molecule has 2 saturated heterocycles. The summed E-state index contributed by atoms with van der Waals surface area (Å²) >= 11 is 0. The standard InChI is InChI=1S/C19H24N4O/c24-19(15-5-7-17(8-6-15)22-11-1-2-12-22)23-13-3-4-16(14-23)18-9-10-20-21-18/h5-10,16H,1-4,11-14H2,(H,20,21). The second-order valence-corrected chi connectivity index (χ2v) is 6.84. The molecular weight excluding hydrogens is 300 g/mol. The lowest BCUT2D eigenvalue weighted by Crippen LogP contribution is -2.39. The number of amides is 1. The second-order valence-electron chi connectivity index (χ2n) is 6.84. The molecule has 0 radical (unpaired) electrons. The number of carbonyl (C=O) groups excluding carboxylic acids is 1. The lowest BCUT2D eigenvalue weighted by atomic mass is 9.94. The third-order valence-electron chi connectivity index (χ3n) is 5.26. The van der Waals surface area contributed by atoms with Crippen LogP contribution >= 0.6 is 0 Å². The molecule has 1 atom stereocenters. The summed E-state index contributed by atoms with van der Waals surface area (Å²) in [6.45, 7) is 3.88. The molecule has 4 rings (SSSR count). The summed E-state index contributed by atoms with van der Waals surface area (Å²) in [6, 6.07) is 10.2. The number of nitrogens with zero attached hydrogens (tertiary/aromatic N) is 3. The maximum atomic E-state index is 12.8. The van der Waals surface area contributed by atoms with Crippen LogP contribution in [0.4, 0.5) is 5.69 Å². The number of aromatic nitrogens is 2. The topological polar surface area (TPSA) is 52.2 Å². The summed E-state index contributed by atoms with van der Waals surface area (Å²) in [6.07, 6.45) is 6.47. The highest BCUT2D eigenvalue weighted by atomic mass is 16.2. The molecule has 1 amide bonds. The molecule has 1 aromatic carbocycles. The Kier molecular flexibility index (Phi) is 4.24. The first kappa shape index (κ1) is 15.2. The van der Waals surface area contributed by atoms with E-state index < -0.39 is 0 Å². The first-order valence-electron chi connectivity index (χ1n) is 8.95. The summed E-state index contributed by atoms with van der Waals surface area (Å²) in [7, 11) is 0. The number of hydrogen-bond acceptors (Lipinski definition) is 3. The zero-order chi connectivity index (χ0) is 16.4. The fourth-order valence-corrected chi connectivity index (χ4v) is 3.88.